The van der Waals surface area contributed by atoms with E-state index in [0.717, 1.165) is 5.75 Å². The minimum absolute atomic E-state index is 0.273. The number of methoxy groups -OCH3 is 1. The number of halogens is 1. The third kappa shape index (κ3) is 3.50. The molecule has 0 aliphatic carbocycles. The van der Waals surface area contributed by atoms with Gasteiger partial charge in [0, 0.05) is 18.6 Å². The van der Waals surface area contributed by atoms with Crippen molar-refractivity contribution in [1.29, 1.82) is 0 Å². The van der Waals surface area contributed by atoms with Gasteiger partial charge < -0.3 is 9.84 Å². The van der Waals surface area contributed by atoms with Crippen LogP contribution in [0.1, 0.15) is 15.9 Å². The van der Waals surface area contributed by atoms with Crippen LogP contribution in [0.3, 0.4) is 0 Å². The van der Waals surface area contributed by atoms with Crippen LogP contribution in [0, 0.1) is 5.82 Å². The monoisotopic (exact) mass is 244 g/mol. The highest BCUT2D eigenvalue weighted by molar-refractivity contribution is 7.98. The number of hydrogen-bond acceptors (Lipinski definition) is 3. The minimum Gasteiger partial charge on any atom is -0.478 e. The lowest BCUT2D eigenvalue weighted by molar-refractivity contribution is 0.0691. The quantitative estimate of drug-likeness (QED) is 0.780. The van der Waals surface area contributed by atoms with Crippen molar-refractivity contribution in [3.63, 3.8) is 0 Å². The number of carboxylic acids is 1. The van der Waals surface area contributed by atoms with Gasteiger partial charge in [-0.2, -0.15) is 11.8 Å². The van der Waals surface area contributed by atoms with Gasteiger partial charge in [0.25, 0.3) is 0 Å². The van der Waals surface area contributed by atoms with E-state index in [1.165, 1.54) is 17.8 Å². The van der Waals surface area contributed by atoms with E-state index in [-0.39, 0.29) is 5.56 Å². The Labute approximate surface area is 97.6 Å². The Morgan fingerprint density at radius 2 is 2.31 bits per heavy atom. The van der Waals surface area contributed by atoms with Crippen LogP contribution in [0.2, 0.25) is 0 Å². The molecule has 88 valence electrons. The van der Waals surface area contributed by atoms with E-state index in [2.05, 4.69) is 0 Å². The van der Waals surface area contributed by atoms with Gasteiger partial charge in [-0.1, -0.05) is 12.1 Å². The summed E-state index contributed by atoms with van der Waals surface area (Å²) in [6.45, 7) is 0.602. The van der Waals surface area contributed by atoms with Crippen LogP contribution in [-0.4, -0.2) is 30.5 Å². The van der Waals surface area contributed by atoms with Crippen LogP contribution in [0.5, 0.6) is 0 Å². The molecule has 0 aromatic heterocycles. The van der Waals surface area contributed by atoms with Crippen LogP contribution in [0.15, 0.2) is 18.2 Å². The highest BCUT2D eigenvalue weighted by Gasteiger charge is 2.13. The molecule has 5 heteroatoms. The highest BCUT2D eigenvalue weighted by Crippen LogP contribution is 2.18. The van der Waals surface area contributed by atoms with E-state index in [4.69, 9.17) is 9.84 Å². The van der Waals surface area contributed by atoms with Gasteiger partial charge in [0.1, 0.15) is 5.82 Å². The summed E-state index contributed by atoms with van der Waals surface area (Å²) < 4.78 is 18.5. The van der Waals surface area contributed by atoms with E-state index >= 15 is 0 Å². The number of benzene rings is 1. The van der Waals surface area contributed by atoms with E-state index in [1.54, 1.807) is 19.2 Å². The molecule has 0 spiro atoms. The fourth-order valence-corrected chi connectivity index (χ4v) is 2.05. The summed E-state index contributed by atoms with van der Waals surface area (Å²) in [7, 11) is 1.60. The van der Waals surface area contributed by atoms with Gasteiger partial charge in [-0.25, -0.2) is 9.18 Å². The SMILES string of the molecule is COCCSCc1cccc(C(=O)O)c1F. The first-order valence-corrected chi connectivity index (χ1v) is 5.89. The van der Waals surface area contributed by atoms with E-state index < -0.39 is 11.8 Å². The number of carbonyl (C=O) groups is 1. The summed E-state index contributed by atoms with van der Waals surface area (Å²) >= 11 is 1.51. The van der Waals surface area contributed by atoms with Crippen LogP contribution in [0.25, 0.3) is 0 Å². The fourth-order valence-electron chi connectivity index (χ4n) is 1.18. The van der Waals surface area contributed by atoms with Crippen molar-refractivity contribution >= 4 is 17.7 Å². The molecule has 0 amide bonds. The molecule has 0 heterocycles. The second-order valence-electron chi connectivity index (χ2n) is 3.13. The van der Waals surface area contributed by atoms with E-state index in [0.29, 0.717) is 17.9 Å². The Hall–Kier alpha value is -1.07. The van der Waals surface area contributed by atoms with Gasteiger partial charge in [-0.15, -0.1) is 0 Å². The van der Waals surface area contributed by atoms with E-state index in [9.17, 15) is 9.18 Å². The second-order valence-corrected chi connectivity index (χ2v) is 4.23. The summed E-state index contributed by atoms with van der Waals surface area (Å²) in [5.41, 5.74) is 0.144. The Bertz CT molecular complexity index is 368. The molecule has 0 aliphatic heterocycles. The predicted octanol–water partition coefficient (Wildman–Crippen LogP) is 2.40. The van der Waals surface area contributed by atoms with Crippen molar-refractivity contribution in [1.82, 2.24) is 0 Å². The second kappa shape index (κ2) is 6.50. The first-order chi connectivity index (χ1) is 7.66. The molecule has 0 saturated carbocycles. The average molecular weight is 244 g/mol. The molecule has 0 unspecified atom stereocenters. The van der Waals surface area contributed by atoms with Crippen molar-refractivity contribution in [3.8, 4) is 0 Å². The molecule has 1 N–H and O–H groups in total. The maximum atomic E-state index is 13.6. The molecule has 1 aromatic carbocycles. The average Bonchev–Trinajstić information content (AvgIpc) is 2.26. The lowest BCUT2D eigenvalue weighted by atomic mass is 10.1. The first kappa shape index (κ1) is 13.0. The van der Waals surface area contributed by atoms with Crippen molar-refractivity contribution in [2.45, 2.75) is 5.75 Å². The predicted molar refractivity (Wildman–Crippen MR) is 61.4 cm³/mol. The van der Waals surface area contributed by atoms with Crippen LogP contribution >= 0.6 is 11.8 Å². The molecule has 3 nitrogen and oxygen atoms in total. The first-order valence-electron chi connectivity index (χ1n) is 4.74. The molecular formula is C11H13FO3S. The molecule has 16 heavy (non-hydrogen) atoms. The fraction of sp³-hybridized carbons (Fsp3) is 0.364. The topological polar surface area (TPSA) is 46.5 Å². The lowest BCUT2D eigenvalue weighted by Gasteiger charge is -2.05. The van der Waals surface area contributed by atoms with Gasteiger partial charge in [0.15, 0.2) is 0 Å². The third-order valence-electron chi connectivity index (χ3n) is 2.00. The summed E-state index contributed by atoms with van der Waals surface area (Å²) in [5, 5.41) is 8.73. The van der Waals surface area contributed by atoms with Crippen molar-refractivity contribution in [3.05, 3.63) is 35.1 Å². The lowest BCUT2D eigenvalue weighted by Crippen LogP contribution is -2.03. The molecule has 0 aliphatic rings. The van der Waals surface area contributed by atoms with Gasteiger partial charge in [0.05, 0.1) is 12.2 Å². The number of ether oxygens (including phenoxy) is 1. The Balaban J connectivity index is 2.66. The maximum absolute atomic E-state index is 13.6. The van der Waals surface area contributed by atoms with Gasteiger partial charge in [0.2, 0.25) is 0 Å². The van der Waals surface area contributed by atoms with E-state index in [1.807, 2.05) is 0 Å². The standard InChI is InChI=1S/C11H13FO3S/c1-15-5-6-16-7-8-3-2-4-9(10(8)12)11(13)14/h2-4H,5-7H2,1H3,(H,13,14). The summed E-state index contributed by atoms with van der Waals surface area (Å²) in [4.78, 5) is 10.7. The van der Waals surface area contributed by atoms with Crippen LogP contribution < -0.4 is 0 Å². The smallest absolute Gasteiger partial charge is 0.338 e. The zero-order valence-corrected chi connectivity index (χ0v) is 9.72. The molecule has 0 bridgehead atoms. The van der Waals surface area contributed by atoms with Crippen LogP contribution in [-0.2, 0) is 10.5 Å². The number of aromatic carboxylic acids is 1. The minimum atomic E-state index is -1.23. The molecule has 1 aromatic rings. The highest BCUT2D eigenvalue weighted by atomic mass is 32.2. The van der Waals surface area contributed by atoms with Crippen LogP contribution in [0.4, 0.5) is 4.39 Å². The normalized spacial score (nSPS) is 10.4. The number of carboxylic acid groups (broad SMARTS) is 1. The maximum Gasteiger partial charge on any atom is 0.338 e. The molecule has 0 fully saturated rings. The van der Waals surface area contributed by atoms with Crippen molar-refractivity contribution in [2.24, 2.45) is 0 Å². The number of hydrogen-bond donors (Lipinski definition) is 1. The Morgan fingerprint density at radius 3 is 2.94 bits per heavy atom. The largest absolute Gasteiger partial charge is 0.478 e. The number of rotatable bonds is 6. The number of thioether (sulfide) groups is 1. The zero-order valence-electron chi connectivity index (χ0n) is 8.90. The van der Waals surface area contributed by atoms with Gasteiger partial charge >= 0.3 is 5.97 Å². The Kier molecular flexibility index (Phi) is 5.28. The Morgan fingerprint density at radius 1 is 1.56 bits per heavy atom. The molecule has 0 saturated heterocycles. The molecule has 0 atom stereocenters. The molecule has 0 radical (unpaired) electrons. The molecule has 1 rings (SSSR count). The summed E-state index contributed by atoms with van der Waals surface area (Å²) in [6.07, 6.45) is 0. The van der Waals surface area contributed by atoms with Gasteiger partial charge in [-0.3, -0.25) is 0 Å². The summed E-state index contributed by atoms with van der Waals surface area (Å²) in [6, 6.07) is 4.42. The summed E-state index contributed by atoms with van der Waals surface area (Å²) in [5.74, 6) is -0.662. The third-order valence-corrected chi connectivity index (χ3v) is 2.97. The molecular weight excluding hydrogens is 231 g/mol. The van der Waals surface area contributed by atoms with Crippen molar-refractivity contribution in [2.75, 3.05) is 19.5 Å². The zero-order chi connectivity index (χ0) is 12.0. The van der Waals surface area contributed by atoms with Gasteiger partial charge in [-0.05, 0) is 11.6 Å². The van der Waals surface area contributed by atoms with Crippen molar-refractivity contribution < 1.29 is 19.0 Å².